The fourth-order valence-electron chi connectivity index (χ4n) is 1.70. The van der Waals surface area contributed by atoms with Crippen LogP contribution < -0.4 is 0 Å². The van der Waals surface area contributed by atoms with Crippen molar-refractivity contribution in [1.82, 2.24) is 9.59 Å². The minimum Gasteiger partial charge on any atom is -0.387 e. The topological polar surface area (TPSA) is 46.0 Å². The van der Waals surface area contributed by atoms with Crippen molar-refractivity contribution >= 4 is 27.5 Å². The minimum atomic E-state index is -0.651. The van der Waals surface area contributed by atoms with E-state index in [2.05, 4.69) is 25.5 Å². The number of aryl methyl sites for hydroxylation is 1. The van der Waals surface area contributed by atoms with Gasteiger partial charge in [-0.3, -0.25) is 0 Å². The van der Waals surface area contributed by atoms with Crippen LogP contribution in [0.25, 0.3) is 0 Å². The Kier molecular flexibility index (Phi) is 4.42. The minimum absolute atomic E-state index is 0.297. The fraction of sp³-hybridized carbons (Fsp3) is 0.333. The summed E-state index contributed by atoms with van der Waals surface area (Å²) in [6.07, 6.45) is 0.507. The van der Waals surface area contributed by atoms with Gasteiger partial charge in [0.05, 0.1) is 16.7 Å². The molecule has 2 aromatic rings. The van der Waals surface area contributed by atoms with Crippen molar-refractivity contribution in [3.05, 3.63) is 44.6 Å². The van der Waals surface area contributed by atoms with Gasteiger partial charge in [-0.2, -0.15) is 0 Å². The molecule has 0 saturated carbocycles. The summed E-state index contributed by atoms with van der Waals surface area (Å²) < 4.78 is 17.5. The molecule has 0 amide bonds. The molecule has 18 heavy (non-hydrogen) atoms. The third-order valence-corrected chi connectivity index (χ3v) is 4.26. The lowest BCUT2D eigenvalue weighted by Gasteiger charge is -2.10. The number of halogens is 2. The Morgan fingerprint density at radius 2 is 2.28 bits per heavy atom. The van der Waals surface area contributed by atoms with Gasteiger partial charge in [0.25, 0.3) is 0 Å². The molecule has 1 atom stereocenters. The highest BCUT2D eigenvalue weighted by atomic mass is 79.9. The van der Waals surface area contributed by atoms with E-state index < -0.39 is 6.10 Å². The molecule has 0 saturated heterocycles. The number of aliphatic hydroxyl groups is 1. The lowest BCUT2D eigenvalue weighted by atomic mass is 10.1. The van der Waals surface area contributed by atoms with Crippen LogP contribution in [0.1, 0.15) is 29.2 Å². The second kappa shape index (κ2) is 5.86. The van der Waals surface area contributed by atoms with Crippen molar-refractivity contribution in [2.75, 3.05) is 0 Å². The highest BCUT2D eigenvalue weighted by Gasteiger charge is 2.17. The van der Waals surface area contributed by atoms with Crippen molar-refractivity contribution in [3.8, 4) is 0 Å². The van der Waals surface area contributed by atoms with Gasteiger partial charge in [0, 0.05) is 10.9 Å². The van der Waals surface area contributed by atoms with Gasteiger partial charge in [0.2, 0.25) is 0 Å². The molecule has 1 aromatic carbocycles. The predicted octanol–water partition coefficient (Wildman–Crippen LogP) is 3.28. The molecule has 1 aromatic heterocycles. The second-order valence-corrected chi connectivity index (χ2v) is 5.53. The first-order valence-electron chi connectivity index (χ1n) is 5.55. The Morgan fingerprint density at radius 3 is 2.94 bits per heavy atom. The Morgan fingerprint density at radius 1 is 1.50 bits per heavy atom. The zero-order valence-electron chi connectivity index (χ0n) is 9.73. The molecule has 1 heterocycles. The molecule has 0 spiro atoms. The summed E-state index contributed by atoms with van der Waals surface area (Å²) in [6, 6.07) is 4.45. The maximum absolute atomic E-state index is 13.0. The van der Waals surface area contributed by atoms with Gasteiger partial charge < -0.3 is 5.11 Å². The summed E-state index contributed by atoms with van der Waals surface area (Å²) in [5.41, 5.74) is 1.69. The molecular formula is C12H12BrFN2OS. The summed E-state index contributed by atoms with van der Waals surface area (Å²) >= 11 is 4.51. The van der Waals surface area contributed by atoms with Crippen LogP contribution >= 0.6 is 27.5 Å². The van der Waals surface area contributed by atoms with Crippen molar-refractivity contribution in [1.29, 1.82) is 0 Å². The third kappa shape index (κ3) is 2.93. The van der Waals surface area contributed by atoms with Crippen LogP contribution in [-0.4, -0.2) is 14.7 Å². The van der Waals surface area contributed by atoms with Crippen molar-refractivity contribution in [2.45, 2.75) is 25.9 Å². The first-order chi connectivity index (χ1) is 8.61. The summed E-state index contributed by atoms with van der Waals surface area (Å²) in [5, 5.41) is 14.2. The molecule has 0 fully saturated rings. The van der Waals surface area contributed by atoms with Crippen molar-refractivity contribution in [3.63, 3.8) is 0 Å². The van der Waals surface area contributed by atoms with Gasteiger partial charge in [-0.25, -0.2) is 4.39 Å². The first-order valence-corrected chi connectivity index (χ1v) is 7.11. The van der Waals surface area contributed by atoms with E-state index in [4.69, 9.17) is 0 Å². The molecule has 0 aliphatic carbocycles. The number of hydrogen-bond donors (Lipinski definition) is 1. The van der Waals surface area contributed by atoms with Gasteiger partial charge >= 0.3 is 0 Å². The van der Waals surface area contributed by atoms with Crippen LogP contribution in [-0.2, 0) is 12.8 Å². The Bertz CT molecular complexity index is 547. The standard InChI is InChI=1S/C12H12BrFN2OS/c1-2-10-12(18-16-15-10)11(17)5-7-3-4-8(14)6-9(7)13/h3-4,6,11,17H,2,5H2,1H3. The van der Waals surface area contributed by atoms with E-state index in [1.165, 1.54) is 23.7 Å². The highest BCUT2D eigenvalue weighted by molar-refractivity contribution is 9.10. The van der Waals surface area contributed by atoms with Crippen molar-refractivity contribution < 1.29 is 9.50 Å². The third-order valence-electron chi connectivity index (χ3n) is 2.65. The Balaban J connectivity index is 2.18. The van der Waals surface area contributed by atoms with Gasteiger partial charge in [0.1, 0.15) is 5.82 Å². The lowest BCUT2D eigenvalue weighted by Crippen LogP contribution is -2.03. The molecule has 3 nitrogen and oxygen atoms in total. The van der Waals surface area contributed by atoms with Gasteiger partial charge in [-0.1, -0.05) is 33.4 Å². The molecule has 0 aliphatic heterocycles. The predicted molar refractivity (Wildman–Crippen MR) is 72.1 cm³/mol. The first kappa shape index (κ1) is 13.6. The summed E-state index contributed by atoms with van der Waals surface area (Å²) in [7, 11) is 0. The van der Waals surface area contributed by atoms with Gasteiger partial charge in [-0.15, -0.1) is 5.10 Å². The van der Waals surface area contributed by atoms with Gasteiger partial charge in [-0.05, 0) is 35.6 Å². The van der Waals surface area contributed by atoms with Crippen molar-refractivity contribution in [2.24, 2.45) is 0 Å². The fourth-order valence-corrected chi connectivity index (χ4v) is 2.94. The van der Waals surface area contributed by atoms with Crippen LogP contribution in [0.15, 0.2) is 22.7 Å². The lowest BCUT2D eigenvalue weighted by molar-refractivity contribution is 0.181. The maximum atomic E-state index is 13.0. The SMILES string of the molecule is CCc1nnsc1C(O)Cc1ccc(F)cc1Br. The monoisotopic (exact) mass is 330 g/mol. The molecule has 0 aliphatic rings. The Hall–Kier alpha value is -0.850. The number of nitrogens with zero attached hydrogens (tertiary/aromatic N) is 2. The number of aliphatic hydroxyl groups excluding tert-OH is 1. The molecular weight excluding hydrogens is 319 g/mol. The summed E-state index contributed by atoms with van der Waals surface area (Å²) in [5.74, 6) is -0.297. The zero-order chi connectivity index (χ0) is 13.1. The smallest absolute Gasteiger partial charge is 0.124 e. The number of benzene rings is 1. The summed E-state index contributed by atoms with van der Waals surface area (Å²) in [6.45, 7) is 1.97. The highest BCUT2D eigenvalue weighted by Crippen LogP contribution is 2.27. The van der Waals surface area contributed by atoms with E-state index in [1.807, 2.05) is 6.92 Å². The number of hydrogen-bond acceptors (Lipinski definition) is 4. The van der Waals surface area contributed by atoms with Crippen LogP contribution in [0.2, 0.25) is 0 Å². The largest absolute Gasteiger partial charge is 0.387 e. The van der Waals surface area contributed by atoms with E-state index in [-0.39, 0.29) is 5.82 Å². The molecule has 1 unspecified atom stereocenters. The van der Waals surface area contributed by atoms with E-state index in [0.29, 0.717) is 10.9 Å². The molecule has 96 valence electrons. The van der Waals surface area contributed by atoms with Crippen LogP contribution in [0.4, 0.5) is 4.39 Å². The van der Waals surface area contributed by atoms with E-state index in [1.54, 1.807) is 6.07 Å². The second-order valence-electron chi connectivity index (χ2n) is 3.89. The van der Waals surface area contributed by atoms with Crippen LogP contribution in [0, 0.1) is 5.82 Å². The van der Waals surface area contributed by atoms with Crippen LogP contribution in [0.5, 0.6) is 0 Å². The Labute approximate surface area is 117 Å². The van der Waals surface area contributed by atoms with Crippen LogP contribution in [0.3, 0.4) is 0 Å². The molecule has 2 rings (SSSR count). The number of rotatable bonds is 4. The quantitative estimate of drug-likeness (QED) is 0.935. The summed E-state index contributed by atoms with van der Waals surface area (Å²) in [4.78, 5) is 0.786. The van der Waals surface area contributed by atoms with Gasteiger partial charge in [0.15, 0.2) is 0 Å². The average Bonchev–Trinajstić information content (AvgIpc) is 2.81. The maximum Gasteiger partial charge on any atom is 0.124 e. The van der Waals surface area contributed by atoms with E-state index in [9.17, 15) is 9.50 Å². The number of aromatic nitrogens is 2. The molecule has 0 radical (unpaired) electrons. The zero-order valence-corrected chi connectivity index (χ0v) is 12.1. The molecule has 0 bridgehead atoms. The average molecular weight is 331 g/mol. The normalized spacial score (nSPS) is 12.7. The van der Waals surface area contributed by atoms with E-state index >= 15 is 0 Å². The molecule has 6 heteroatoms. The molecule has 1 N–H and O–H groups in total. The van der Waals surface area contributed by atoms with E-state index in [0.717, 1.165) is 22.6 Å².